The molecule has 2 rings (SSSR count). The van der Waals surface area contributed by atoms with E-state index < -0.39 is 5.97 Å². The van der Waals surface area contributed by atoms with Crippen LogP contribution in [0.25, 0.3) is 6.08 Å². The van der Waals surface area contributed by atoms with Crippen LogP contribution in [0.5, 0.6) is 11.5 Å². The minimum absolute atomic E-state index is 0.0558. The van der Waals surface area contributed by atoms with E-state index in [1.165, 1.54) is 6.08 Å². The fourth-order valence-electron chi connectivity index (χ4n) is 1.77. The Bertz CT molecular complexity index is 565. The van der Waals surface area contributed by atoms with Gasteiger partial charge in [0.25, 0.3) is 5.91 Å². The van der Waals surface area contributed by atoms with Crippen molar-refractivity contribution < 1.29 is 24.2 Å². The van der Waals surface area contributed by atoms with Gasteiger partial charge in [0.15, 0.2) is 18.1 Å². The van der Waals surface area contributed by atoms with Gasteiger partial charge >= 0.3 is 5.97 Å². The van der Waals surface area contributed by atoms with Gasteiger partial charge in [0, 0.05) is 6.08 Å². The Morgan fingerprint density at radius 2 is 2.35 bits per heavy atom. The van der Waals surface area contributed by atoms with E-state index in [0.29, 0.717) is 29.4 Å². The van der Waals surface area contributed by atoms with E-state index in [1.54, 1.807) is 12.1 Å². The van der Waals surface area contributed by atoms with Gasteiger partial charge in [-0.05, 0) is 30.2 Å². The smallest absolute Gasteiger partial charge is 0.328 e. The van der Waals surface area contributed by atoms with Crippen molar-refractivity contribution in [3.63, 3.8) is 0 Å². The van der Waals surface area contributed by atoms with E-state index in [2.05, 4.69) is 5.32 Å². The zero-order chi connectivity index (χ0) is 14.5. The summed E-state index contributed by atoms with van der Waals surface area (Å²) in [5.41, 5.74) is 1.10. The molecule has 1 heterocycles. The number of carboxylic acids is 1. The molecule has 0 atom stereocenters. The van der Waals surface area contributed by atoms with Crippen LogP contribution in [0.4, 0.5) is 5.69 Å². The van der Waals surface area contributed by atoms with Crippen molar-refractivity contribution in [2.24, 2.45) is 0 Å². The number of rotatable bonds is 5. The van der Waals surface area contributed by atoms with E-state index in [0.717, 1.165) is 12.5 Å². The van der Waals surface area contributed by atoms with Crippen molar-refractivity contribution in [2.75, 3.05) is 18.5 Å². The number of hydrogen-bond acceptors (Lipinski definition) is 4. The van der Waals surface area contributed by atoms with Crippen LogP contribution in [0.1, 0.15) is 18.9 Å². The number of anilines is 1. The first-order valence-electron chi connectivity index (χ1n) is 6.24. The molecule has 0 aliphatic carbocycles. The molecule has 1 aromatic rings. The predicted molar refractivity (Wildman–Crippen MR) is 73.0 cm³/mol. The molecular formula is C14H15NO5. The first kappa shape index (κ1) is 13.9. The maximum Gasteiger partial charge on any atom is 0.328 e. The topological polar surface area (TPSA) is 84.9 Å². The van der Waals surface area contributed by atoms with Crippen molar-refractivity contribution in [3.05, 3.63) is 23.8 Å². The second-order valence-electron chi connectivity index (χ2n) is 4.25. The quantitative estimate of drug-likeness (QED) is 0.803. The molecule has 1 aliphatic heterocycles. The van der Waals surface area contributed by atoms with Crippen LogP contribution < -0.4 is 14.8 Å². The molecule has 0 bridgehead atoms. The lowest BCUT2D eigenvalue weighted by Gasteiger charge is -2.21. The zero-order valence-corrected chi connectivity index (χ0v) is 11.0. The predicted octanol–water partition coefficient (Wildman–Crippen LogP) is 1.90. The van der Waals surface area contributed by atoms with E-state index in [4.69, 9.17) is 14.6 Å². The van der Waals surface area contributed by atoms with Crippen LogP contribution >= 0.6 is 0 Å². The molecule has 1 aromatic carbocycles. The molecule has 1 amide bonds. The summed E-state index contributed by atoms with van der Waals surface area (Å²) in [5, 5.41) is 11.3. The highest BCUT2D eigenvalue weighted by molar-refractivity contribution is 5.97. The number of carbonyl (C=O) groups excluding carboxylic acids is 1. The molecule has 0 aromatic heterocycles. The number of fused-ring (bicyclic) bond motifs is 1. The molecule has 0 radical (unpaired) electrons. The number of benzene rings is 1. The Hall–Kier alpha value is -2.50. The van der Waals surface area contributed by atoms with E-state index in [1.807, 2.05) is 6.92 Å². The lowest BCUT2D eigenvalue weighted by Crippen LogP contribution is -2.25. The van der Waals surface area contributed by atoms with E-state index in [-0.39, 0.29) is 12.5 Å². The van der Waals surface area contributed by atoms with Crippen LogP contribution in [0, 0.1) is 0 Å². The molecule has 6 heteroatoms. The second-order valence-corrected chi connectivity index (χ2v) is 4.25. The summed E-state index contributed by atoms with van der Waals surface area (Å²) in [4.78, 5) is 21.9. The maximum absolute atomic E-state index is 11.3. The third kappa shape index (κ3) is 3.28. The van der Waals surface area contributed by atoms with Crippen molar-refractivity contribution >= 4 is 23.6 Å². The van der Waals surface area contributed by atoms with Crippen LogP contribution in [0.2, 0.25) is 0 Å². The molecule has 0 saturated heterocycles. The van der Waals surface area contributed by atoms with Crippen molar-refractivity contribution in [2.45, 2.75) is 13.3 Å². The highest BCUT2D eigenvalue weighted by Gasteiger charge is 2.21. The van der Waals surface area contributed by atoms with Crippen LogP contribution in [0.15, 0.2) is 18.2 Å². The lowest BCUT2D eigenvalue weighted by molar-refractivity contribution is -0.131. The number of amides is 1. The molecule has 0 saturated carbocycles. The minimum Gasteiger partial charge on any atom is -0.490 e. The van der Waals surface area contributed by atoms with Gasteiger partial charge in [-0.25, -0.2) is 4.79 Å². The molecule has 0 spiro atoms. The van der Waals surface area contributed by atoms with Crippen molar-refractivity contribution in [1.82, 2.24) is 0 Å². The molecule has 0 fully saturated rings. The van der Waals surface area contributed by atoms with Gasteiger partial charge < -0.3 is 19.9 Å². The molecule has 20 heavy (non-hydrogen) atoms. The van der Waals surface area contributed by atoms with Crippen molar-refractivity contribution in [1.29, 1.82) is 0 Å². The van der Waals surface area contributed by atoms with Gasteiger partial charge in [-0.3, -0.25) is 4.79 Å². The SMILES string of the molecule is CCCOc1cc(/C=C/C(=O)O)cc2c1OCC(=O)N2. The van der Waals surface area contributed by atoms with Gasteiger partial charge in [-0.1, -0.05) is 6.92 Å². The lowest BCUT2D eigenvalue weighted by atomic mass is 10.1. The summed E-state index contributed by atoms with van der Waals surface area (Å²) in [5.74, 6) is -0.322. The fraction of sp³-hybridized carbons (Fsp3) is 0.286. The Balaban J connectivity index is 2.37. The first-order valence-corrected chi connectivity index (χ1v) is 6.24. The van der Waals surface area contributed by atoms with Crippen LogP contribution in [-0.4, -0.2) is 30.2 Å². The summed E-state index contributed by atoms with van der Waals surface area (Å²) in [6.45, 7) is 2.43. The Morgan fingerprint density at radius 1 is 1.55 bits per heavy atom. The number of nitrogens with one attached hydrogen (secondary N) is 1. The van der Waals surface area contributed by atoms with Crippen LogP contribution in [0.3, 0.4) is 0 Å². The maximum atomic E-state index is 11.3. The molecule has 2 N–H and O–H groups in total. The number of carboxylic acid groups (broad SMARTS) is 1. The van der Waals surface area contributed by atoms with Gasteiger partial charge in [-0.2, -0.15) is 0 Å². The van der Waals surface area contributed by atoms with Gasteiger partial charge in [-0.15, -0.1) is 0 Å². The summed E-state index contributed by atoms with van der Waals surface area (Å²) in [7, 11) is 0. The molecule has 0 unspecified atom stereocenters. The Morgan fingerprint density at radius 3 is 3.05 bits per heavy atom. The fourth-order valence-corrected chi connectivity index (χ4v) is 1.77. The summed E-state index contributed by atoms with van der Waals surface area (Å²) >= 11 is 0. The Kier molecular flexibility index (Phi) is 4.24. The number of aliphatic carboxylic acids is 1. The average Bonchev–Trinajstić information content (AvgIpc) is 2.42. The van der Waals surface area contributed by atoms with E-state index >= 15 is 0 Å². The highest BCUT2D eigenvalue weighted by Crippen LogP contribution is 2.39. The molecular weight excluding hydrogens is 262 g/mol. The minimum atomic E-state index is -1.04. The summed E-state index contributed by atoms with van der Waals surface area (Å²) in [6, 6.07) is 3.33. The number of hydrogen-bond donors (Lipinski definition) is 2. The van der Waals surface area contributed by atoms with Gasteiger partial charge in [0.05, 0.1) is 12.3 Å². The number of ether oxygens (including phenoxy) is 2. The molecule has 1 aliphatic rings. The average molecular weight is 277 g/mol. The first-order chi connectivity index (χ1) is 9.60. The summed E-state index contributed by atoms with van der Waals surface area (Å²) < 4.78 is 10.9. The number of carbonyl (C=O) groups is 2. The van der Waals surface area contributed by atoms with Gasteiger partial charge in [0.2, 0.25) is 0 Å². The largest absolute Gasteiger partial charge is 0.490 e. The highest BCUT2D eigenvalue weighted by atomic mass is 16.5. The van der Waals surface area contributed by atoms with E-state index in [9.17, 15) is 9.59 Å². The van der Waals surface area contributed by atoms with Gasteiger partial charge in [0.1, 0.15) is 0 Å². The third-order valence-corrected chi connectivity index (χ3v) is 2.58. The summed E-state index contributed by atoms with van der Waals surface area (Å²) in [6.07, 6.45) is 3.29. The second kappa shape index (κ2) is 6.10. The molecule has 6 nitrogen and oxygen atoms in total. The third-order valence-electron chi connectivity index (χ3n) is 2.58. The molecule has 106 valence electrons. The zero-order valence-electron chi connectivity index (χ0n) is 11.0. The monoisotopic (exact) mass is 277 g/mol. The standard InChI is InChI=1S/C14H15NO5/c1-2-5-19-11-7-9(3-4-13(17)18)6-10-14(11)20-8-12(16)15-10/h3-4,6-7H,2,5,8H2,1H3,(H,15,16)(H,17,18)/b4-3+. The normalized spacial score (nSPS) is 13.6. The van der Waals surface area contributed by atoms with Crippen LogP contribution in [-0.2, 0) is 9.59 Å². The Labute approximate surface area is 116 Å². The van der Waals surface area contributed by atoms with Crippen molar-refractivity contribution in [3.8, 4) is 11.5 Å².